The number of carbonyl (C=O) groups is 1. The van der Waals surface area contributed by atoms with E-state index in [1.165, 1.54) is 4.57 Å². The number of amides is 1. The second-order valence-corrected chi connectivity index (χ2v) is 5.61. The summed E-state index contributed by atoms with van der Waals surface area (Å²) in [6.45, 7) is 5.53. The Labute approximate surface area is 130 Å². The summed E-state index contributed by atoms with van der Waals surface area (Å²) in [5, 5.41) is 2.88. The molecule has 116 valence electrons. The van der Waals surface area contributed by atoms with E-state index in [1.807, 2.05) is 38.1 Å². The van der Waals surface area contributed by atoms with Crippen LogP contribution in [0.4, 0.5) is 0 Å². The third kappa shape index (κ3) is 3.42. The molecule has 2 heterocycles. The van der Waals surface area contributed by atoms with E-state index in [1.54, 1.807) is 20.2 Å². The standard InChI is InChI=1S/C17H21N3O2/c1-11-9-13(3)20(4)17(22)15(11)16(21)19-12(2)10-14-7-5-6-8-18-14/h5-9,12H,10H2,1-4H3,(H,19,21). The van der Waals surface area contributed by atoms with Crippen LogP contribution in [0, 0.1) is 13.8 Å². The molecule has 5 heteroatoms. The van der Waals surface area contributed by atoms with E-state index in [-0.39, 0.29) is 23.1 Å². The van der Waals surface area contributed by atoms with Crippen molar-refractivity contribution in [1.29, 1.82) is 0 Å². The molecule has 0 aliphatic rings. The Morgan fingerprint density at radius 3 is 2.73 bits per heavy atom. The lowest BCUT2D eigenvalue weighted by molar-refractivity contribution is 0.0937. The number of rotatable bonds is 4. The summed E-state index contributed by atoms with van der Waals surface area (Å²) in [5.41, 5.74) is 2.38. The molecule has 0 aliphatic heterocycles. The van der Waals surface area contributed by atoms with Gasteiger partial charge in [0.1, 0.15) is 5.56 Å². The third-order valence-corrected chi connectivity index (χ3v) is 3.71. The minimum Gasteiger partial charge on any atom is -0.349 e. The maximum Gasteiger partial charge on any atom is 0.263 e. The predicted molar refractivity (Wildman–Crippen MR) is 86.0 cm³/mol. The van der Waals surface area contributed by atoms with E-state index in [0.717, 1.165) is 11.4 Å². The summed E-state index contributed by atoms with van der Waals surface area (Å²) < 4.78 is 1.49. The number of pyridine rings is 2. The second-order valence-electron chi connectivity index (χ2n) is 5.61. The Balaban J connectivity index is 2.16. The molecule has 0 aromatic carbocycles. The topological polar surface area (TPSA) is 64.0 Å². The monoisotopic (exact) mass is 299 g/mol. The summed E-state index contributed by atoms with van der Waals surface area (Å²) in [7, 11) is 1.67. The van der Waals surface area contributed by atoms with Gasteiger partial charge in [-0.25, -0.2) is 0 Å². The van der Waals surface area contributed by atoms with Crippen LogP contribution in [0.25, 0.3) is 0 Å². The fraction of sp³-hybridized carbons (Fsp3) is 0.353. The average Bonchev–Trinajstić information content (AvgIpc) is 2.45. The number of hydrogen-bond donors (Lipinski definition) is 1. The summed E-state index contributed by atoms with van der Waals surface area (Å²) in [5.74, 6) is -0.332. The molecule has 1 unspecified atom stereocenters. The van der Waals surface area contributed by atoms with Crippen LogP contribution < -0.4 is 10.9 Å². The van der Waals surface area contributed by atoms with Crippen molar-refractivity contribution in [2.45, 2.75) is 33.2 Å². The predicted octanol–water partition coefficient (Wildman–Crippen LogP) is 1.76. The van der Waals surface area contributed by atoms with Crippen LogP contribution in [-0.4, -0.2) is 21.5 Å². The average molecular weight is 299 g/mol. The van der Waals surface area contributed by atoms with Crippen molar-refractivity contribution in [3.8, 4) is 0 Å². The molecule has 0 aliphatic carbocycles. The molecule has 0 fully saturated rings. The van der Waals surface area contributed by atoms with Gasteiger partial charge in [0.25, 0.3) is 11.5 Å². The Hall–Kier alpha value is -2.43. The molecule has 0 radical (unpaired) electrons. The first kappa shape index (κ1) is 15.9. The molecule has 5 nitrogen and oxygen atoms in total. The van der Waals surface area contributed by atoms with Gasteiger partial charge in [0.15, 0.2) is 0 Å². The molecular formula is C17H21N3O2. The number of aromatic nitrogens is 2. The van der Waals surface area contributed by atoms with E-state index in [9.17, 15) is 9.59 Å². The van der Waals surface area contributed by atoms with Crippen LogP contribution in [0.5, 0.6) is 0 Å². The highest BCUT2D eigenvalue weighted by Gasteiger charge is 2.18. The van der Waals surface area contributed by atoms with E-state index in [2.05, 4.69) is 10.3 Å². The zero-order chi connectivity index (χ0) is 16.3. The molecule has 2 rings (SSSR count). The zero-order valence-electron chi connectivity index (χ0n) is 13.4. The Morgan fingerprint density at radius 1 is 1.36 bits per heavy atom. The maximum atomic E-state index is 12.4. The quantitative estimate of drug-likeness (QED) is 0.935. The van der Waals surface area contributed by atoms with Crippen molar-refractivity contribution < 1.29 is 4.79 Å². The Bertz CT molecular complexity index is 736. The summed E-state index contributed by atoms with van der Waals surface area (Å²) in [4.78, 5) is 28.9. The summed E-state index contributed by atoms with van der Waals surface area (Å²) in [6, 6.07) is 7.43. The molecule has 1 amide bonds. The van der Waals surface area contributed by atoms with Gasteiger partial charge >= 0.3 is 0 Å². The van der Waals surface area contributed by atoms with Crippen molar-refractivity contribution in [3.05, 3.63) is 63.3 Å². The molecule has 0 saturated carbocycles. The van der Waals surface area contributed by atoms with Gasteiger partial charge in [-0.2, -0.15) is 0 Å². The molecule has 2 aromatic heterocycles. The SMILES string of the molecule is Cc1cc(C)n(C)c(=O)c1C(=O)NC(C)Cc1ccccn1. The van der Waals surface area contributed by atoms with E-state index in [0.29, 0.717) is 12.0 Å². The van der Waals surface area contributed by atoms with Crippen molar-refractivity contribution in [1.82, 2.24) is 14.9 Å². The smallest absolute Gasteiger partial charge is 0.263 e. The van der Waals surface area contributed by atoms with Gasteiger partial charge in [0, 0.05) is 37.1 Å². The van der Waals surface area contributed by atoms with Crippen LogP contribution in [0.2, 0.25) is 0 Å². The van der Waals surface area contributed by atoms with Crippen LogP contribution in [0.1, 0.15) is 34.2 Å². The lowest BCUT2D eigenvalue weighted by atomic mass is 10.1. The zero-order valence-corrected chi connectivity index (χ0v) is 13.4. The minimum absolute atomic E-state index is 0.104. The second kappa shape index (κ2) is 6.56. The van der Waals surface area contributed by atoms with Gasteiger partial charge in [-0.05, 0) is 44.5 Å². The molecule has 1 N–H and O–H groups in total. The number of aryl methyl sites for hydroxylation is 2. The summed E-state index contributed by atoms with van der Waals surface area (Å²) >= 11 is 0. The van der Waals surface area contributed by atoms with Gasteiger partial charge in [0.05, 0.1) is 0 Å². The highest BCUT2D eigenvalue weighted by Crippen LogP contribution is 2.06. The molecule has 0 saturated heterocycles. The first-order valence-electron chi connectivity index (χ1n) is 7.28. The Morgan fingerprint density at radius 2 is 2.09 bits per heavy atom. The van der Waals surface area contributed by atoms with E-state index in [4.69, 9.17) is 0 Å². The highest BCUT2D eigenvalue weighted by molar-refractivity contribution is 5.95. The van der Waals surface area contributed by atoms with Gasteiger partial charge in [-0.1, -0.05) is 6.07 Å². The van der Waals surface area contributed by atoms with Gasteiger partial charge < -0.3 is 9.88 Å². The van der Waals surface area contributed by atoms with Crippen LogP contribution in [0.15, 0.2) is 35.3 Å². The first-order chi connectivity index (χ1) is 10.4. The summed E-state index contributed by atoms with van der Waals surface area (Å²) in [6.07, 6.45) is 2.35. The number of nitrogens with zero attached hydrogens (tertiary/aromatic N) is 2. The van der Waals surface area contributed by atoms with Crippen molar-refractivity contribution in [2.75, 3.05) is 0 Å². The molecule has 2 aromatic rings. The number of hydrogen-bond acceptors (Lipinski definition) is 3. The largest absolute Gasteiger partial charge is 0.349 e. The van der Waals surface area contributed by atoms with Crippen LogP contribution in [-0.2, 0) is 13.5 Å². The van der Waals surface area contributed by atoms with E-state index < -0.39 is 0 Å². The number of carbonyl (C=O) groups excluding carboxylic acids is 1. The lowest BCUT2D eigenvalue weighted by Crippen LogP contribution is -2.39. The molecule has 22 heavy (non-hydrogen) atoms. The fourth-order valence-corrected chi connectivity index (χ4v) is 2.43. The Kier molecular flexibility index (Phi) is 4.75. The molecular weight excluding hydrogens is 278 g/mol. The van der Waals surface area contributed by atoms with Crippen molar-refractivity contribution in [3.63, 3.8) is 0 Å². The third-order valence-electron chi connectivity index (χ3n) is 3.71. The first-order valence-corrected chi connectivity index (χ1v) is 7.28. The molecule has 1 atom stereocenters. The van der Waals surface area contributed by atoms with Gasteiger partial charge in [-0.15, -0.1) is 0 Å². The maximum absolute atomic E-state index is 12.4. The lowest BCUT2D eigenvalue weighted by Gasteiger charge is -2.15. The van der Waals surface area contributed by atoms with Crippen LogP contribution in [0.3, 0.4) is 0 Å². The molecule has 0 bridgehead atoms. The molecule has 0 spiro atoms. The van der Waals surface area contributed by atoms with E-state index >= 15 is 0 Å². The normalized spacial score (nSPS) is 12.0. The van der Waals surface area contributed by atoms with Crippen molar-refractivity contribution >= 4 is 5.91 Å². The van der Waals surface area contributed by atoms with Crippen molar-refractivity contribution in [2.24, 2.45) is 7.05 Å². The number of nitrogens with one attached hydrogen (secondary N) is 1. The van der Waals surface area contributed by atoms with Crippen LogP contribution >= 0.6 is 0 Å². The fourth-order valence-electron chi connectivity index (χ4n) is 2.43. The van der Waals surface area contributed by atoms with Gasteiger partial charge in [0.2, 0.25) is 0 Å². The van der Waals surface area contributed by atoms with Gasteiger partial charge in [-0.3, -0.25) is 14.6 Å². The highest BCUT2D eigenvalue weighted by atomic mass is 16.2. The minimum atomic E-state index is -0.332.